The normalized spacial score (nSPS) is 23.0. The lowest BCUT2D eigenvalue weighted by molar-refractivity contribution is 0.216. The van der Waals surface area contributed by atoms with Crippen molar-refractivity contribution in [3.63, 3.8) is 0 Å². The highest BCUT2D eigenvalue weighted by atomic mass is 19.1. The second-order valence-corrected chi connectivity index (χ2v) is 8.74. The molecule has 1 aromatic carbocycles. The van der Waals surface area contributed by atoms with Gasteiger partial charge in [-0.15, -0.1) is 5.10 Å². The van der Waals surface area contributed by atoms with Crippen LogP contribution in [0.3, 0.4) is 0 Å². The SMILES string of the molecule is CC1CN(Cc2nc3ccccn3n2)CC1C1=NC2=CN(c3cccc(F)c3)CN2C(=O)N1. The van der Waals surface area contributed by atoms with Crippen molar-refractivity contribution in [3.8, 4) is 0 Å². The Labute approximate surface area is 189 Å². The highest BCUT2D eigenvalue weighted by Gasteiger charge is 2.39. The predicted octanol–water partition coefficient (Wildman–Crippen LogP) is 2.64. The number of amides is 2. The molecule has 33 heavy (non-hydrogen) atoms. The third kappa shape index (κ3) is 3.62. The second-order valence-electron chi connectivity index (χ2n) is 8.74. The number of benzene rings is 1. The molecule has 0 spiro atoms. The Bertz CT molecular complexity index is 1270. The molecule has 0 radical (unpaired) electrons. The molecule has 2 unspecified atom stereocenters. The van der Waals surface area contributed by atoms with Crippen molar-refractivity contribution in [2.45, 2.75) is 13.5 Å². The molecule has 1 fully saturated rings. The van der Waals surface area contributed by atoms with Gasteiger partial charge in [-0.25, -0.2) is 23.7 Å². The van der Waals surface area contributed by atoms with Gasteiger partial charge in [-0.05, 0) is 36.2 Å². The Morgan fingerprint density at radius 1 is 1.18 bits per heavy atom. The summed E-state index contributed by atoms with van der Waals surface area (Å²) in [6.07, 6.45) is 3.69. The minimum absolute atomic E-state index is 0.0947. The highest BCUT2D eigenvalue weighted by molar-refractivity contribution is 6.02. The van der Waals surface area contributed by atoms with Crippen molar-refractivity contribution < 1.29 is 9.18 Å². The molecule has 5 heterocycles. The van der Waals surface area contributed by atoms with Crippen molar-refractivity contribution in [1.82, 2.24) is 29.7 Å². The number of aliphatic imine (C=N–C) groups is 1. The zero-order chi connectivity index (χ0) is 22.5. The lowest BCUT2D eigenvalue weighted by atomic mass is 9.96. The van der Waals surface area contributed by atoms with E-state index in [-0.39, 0.29) is 17.8 Å². The molecule has 2 amide bonds. The van der Waals surface area contributed by atoms with Gasteiger partial charge in [0, 0.05) is 37.1 Å². The van der Waals surface area contributed by atoms with E-state index in [1.165, 1.54) is 12.1 Å². The van der Waals surface area contributed by atoms with Gasteiger partial charge >= 0.3 is 6.03 Å². The standard InChI is InChI=1S/C23H23FN8O/c1-15-10-29(12-19-25-20-7-2-3-8-32(20)28-19)11-18(15)22-26-21-13-30(14-31(21)23(33)27-22)17-6-4-5-16(24)9-17/h2-9,13,15,18H,10-12,14H2,1H3,(H,26,27,33). The molecule has 2 atom stereocenters. The van der Waals surface area contributed by atoms with Gasteiger partial charge in [0.1, 0.15) is 18.3 Å². The number of carbonyl (C=O) groups excluding carboxylic acids is 1. The van der Waals surface area contributed by atoms with Crippen molar-refractivity contribution in [1.29, 1.82) is 0 Å². The summed E-state index contributed by atoms with van der Waals surface area (Å²) < 4.78 is 15.4. The number of amidine groups is 1. The summed E-state index contributed by atoms with van der Waals surface area (Å²) >= 11 is 0. The summed E-state index contributed by atoms with van der Waals surface area (Å²) in [6, 6.07) is 11.9. The van der Waals surface area contributed by atoms with E-state index in [1.807, 2.05) is 35.4 Å². The molecular formula is C23H23FN8O. The smallest absolute Gasteiger partial charge is 0.325 e. The van der Waals surface area contributed by atoms with Crippen LogP contribution >= 0.6 is 0 Å². The first-order valence-electron chi connectivity index (χ1n) is 11.0. The molecular weight excluding hydrogens is 423 g/mol. The van der Waals surface area contributed by atoms with Crippen LogP contribution in [0.5, 0.6) is 0 Å². The molecule has 3 aliphatic rings. The number of aromatic nitrogens is 3. The van der Waals surface area contributed by atoms with E-state index in [2.05, 4.69) is 27.2 Å². The number of likely N-dealkylation sites (tertiary alicyclic amines) is 1. The van der Waals surface area contributed by atoms with Gasteiger partial charge in [-0.3, -0.25) is 15.1 Å². The van der Waals surface area contributed by atoms with Crippen molar-refractivity contribution in [3.05, 3.63) is 72.3 Å². The van der Waals surface area contributed by atoms with Crippen LogP contribution in [-0.4, -0.2) is 56.0 Å². The maximum atomic E-state index is 13.6. The van der Waals surface area contributed by atoms with Crippen molar-refractivity contribution in [2.24, 2.45) is 16.8 Å². The van der Waals surface area contributed by atoms with Gasteiger partial charge in [0.05, 0.1) is 6.54 Å². The predicted molar refractivity (Wildman–Crippen MR) is 121 cm³/mol. The summed E-state index contributed by atoms with van der Waals surface area (Å²) in [6.45, 7) is 4.74. The number of fused-ring (bicyclic) bond motifs is 2. The van der Waals surface area contributed by atoms with Crippen LogP contribution in [0.25, 0.3) is 5.65 Å². The van der Waals surface area contributed by atoms with Crippen LogP contribution in [-0.2, 0) is 6.54 Å². The molecule has 0 saturated carbocycles. The monoisotopic (exact) mass is 446 g/mol. The summed E-state index contributed by atoms with van der Waals surface area (Å²) in [5, 5.41) is 7.54. The summed E-state index contributed by atoms with van der Waals surface area (Å²) in [5.74, 6) is 2.13. The Morgan fingerprint density at radius 3 is 2.94 bits per heavy atom. The Kier molecular flexibility index (Phi) is 4.61. The average molecular weight is 446 g/mol. The van der Waals surface area contributed by atoms with Crippen molar-refractivity contribution >= 4 is 23.2 Å². The zero-order valence-electron chi connectivity index (χ0n) is 18.1. The van der Waals surface area contributed by atoms with Gasteiger partial charge in [0.25, 0.3) is 0 Å². The summed E-state index contributed by atoms with van der Waals surface area (Å²) in [4.78, 5) is 27.9. The maximum absolute atomic E-state index is 13.6. The first-order valence-corrected chi connectivity index (χ1v) is 11.0. The van der Waals surface area contributed by atoms with E-state index in [1.54, 1.807) is 21.7 Å². The van der Waals surface area contributed by atoms with Gasteiger partial charge in [0.15, 0.2) is 17.3 Å². The molecule has 0 bridgehead atoms. The highest BCUT2D eigenvalue weighted by Crippen LogP contribution is 2.30. The van der Waals surface area contributed by atoms with E-state index < -0.39 is 0 Å². The van der Waals surface area contributed by atoms with Crippen LogP contribution in [0.15, 0.2) is 65.7 Å². The van der Waals surface area contributed by atoms with Crippen molar-refractivity contribution in [2.75, 3.05) is 24.7 Å². The van der Waals surface area contributed by atoms with Crippen LogP contribution in [0.4, 0.5) is 14.9 Å². The second kappa shape index (κ2) is 7.66. The molecule has 2 aromatic heterocycles. The minimum atomic E-state index is -0.315. The Morgan fingerprint density at radius 2 is 2.09 bits per heavy atom. The van der Waals surface area contributed by atoms with E-state index in [9.17, 15) is 9.18 Å². The quantitative estimate of drug-likeness (QED) is 0.667. The van der Waals surface area contributed by atoms with Crippen LogP contribution < -0.4 is 10.2 Å². The lowest BCUT2D eigenvalue weighted by Crippen LogP contribution is -2.49. The third-order valence-electron chi connectivity index (χ3n) is 6.39. The number of nitrogens with one attached hydrogen (secondary N) is 1. The van der Waals surface area contributed by atoms with E-state index in [4.69, 9.17) is 4.99 Å². The summed E-state index contributed by atoms with van der Waals surface area (Å²) in [7, 11) is 0. The molecule has 6 rings (SSSR count). The Balaban J connectivity index is 1.20. The molecule has 3 aromatic rings. The van der Waals surface area contributed by atoms with Gasteiger partial charge in [-0.1, -0.05) is 19.1 Å². The van der Waals surface area contributed by atoms with Gasteiger partial charge in [0.2, 0.25) is 0 Å². The largest absolute Gasteiger partial charge is 0.329 e. The average Bonchev–Trinajstić information content (AvgIpc) is 3.50. The first kappa shape index (κ1) is 19.9. The maximum Gasteiger partial charge on any atom is 0.329 e. The number of rotatable bonds is 4. The fourth-order valence-corrected chi connectivity index (χ4v) is 4.74. The molecule has 168 valence electrons. The number of carbonyl (C=O) groups is 1. The molecule has 9 nitrogen and oxygen atoms in total. The zero-order valence-corrected chi connectivity index (χ0v) is 18.1. The number of anilines is 1. The van der Waals surface area contributed by atoms with Crippen LogP contribution in [0, 0.1) is 17.7 Å². The molecule has 10 heteroatoms. The molecule has 0 aliphatic carbocycles. The number of halogens is 1. The topological polar surface area (TPSA) is 81.4 Å². The first-order chi connectivity index (χ1) is 16.0. The van der Waals surface area contributed by atoms with E-state index in [0.29, 0.717) is 36.5 Å². The number of urea groups is 1. The fraction of sp³-hybridized carbons (Fsp3) is 0.304. The third-order valence-corrected chi connectivity index (χ3v) is 6.39. The number of hydrogen-bond donors (Lipinski definition) is 1. The lowest BCUT2D eigenvalue weighted by Gasteiger charge is -2.28. The number of hydrogen-bond acceptors (Lipinski definition) is 6. The fourth-order valence-electron chi connectivity index (χ4n) is 4.74. The van der Waals surface area contributed by atoms with Gasteiger partial charge in [-0.2, -0.15) is 0 Å². The Hall–Kier alpha value is -3.79. The summed E-state index contributed by atoms with van der Waals surface area (Å²) in [5.41, 5.74) is 1.51. The van der Waals surface area contributed by atoms with E-state index in [0.717, 1.165) is 24.6 Å². The molecule has 3 aliphatic heterocycles. The molecule has 1 saturated heterocycles. The number of nitrogens with zero attached hydrogens (tertiary/aromatic N) is 7. The molecule has 1 N–H and O–H groups in total. The van der Waals surface area contributed by atoms with Crippen LogP contribution in [0.2, 0.25) is 0 Å². The number of pyridine rings is 1. The minimum Gasteiger partial charge on any atom is -0.325 e. The van der Waals surface area contributed by atoms with Crippen LogP contribution in [0.1, 0.15) is 12.7 Å². The van der Waals surface area contributed by atoms with Gasteiger partial charge < -0.3 is 4.90 Å². The van der Waals surface area contributed by atoms with E-state index >= 15 is 0 Å².